The molecule has 2 nitrogen and oxygen atoms in total. The van der Waals surface area contributed by atoms with Gasteiger partial charge in [0.25, 0.3) is 0 Å². The van der Waals surface area contributed by atoms with Gasteiger partial charge in [-0.3, -0.25) is 0 Å². The Kier molecular flexibility index (Phi) is 6.44. The standard InChI is InChI=1S/C34H42O2S/c1-15-17(3)25(11)31-29(21(15)7)23(9)19(5)27(13)33(31)37(35,36)34-28(14)20(6)24(10)30-22(8)16(2)18(4)26(12)32(30)34/h1-14H3. The Bertz CT molecular complexity index is 1660. The number of hydrogen-bond donors (Lipinski definition) is 0. The maximum absolute atomic E-state index is 15.1. The van der Waals surface area contributed by atoms with Gasteiger partial charge in [-0.1, -0.05) is 0 Å². The van der Waals surface area contributed by atoms with Crippen LogP contribution in [0.3, 0.4) is 0 Å². The maximum atomic E-state index is 15.1. The van der Waals surface area contributed by atoms with E-state index in [1.807, 2.05) is 13.8 Å². The second-order valence-corrected chi connectivity index (χ2v) is 13.2. The molecule has 0 aliphatic carbocycles. The van der Waals surface area contributed by atoms with Gasteiger partial charge in [0, 0.05) is 10.8 Å². The summed E-state index contributed by atoms with van der Waals surface area (Å²) in [6.45, 7) is 29.4. The maximum Gasteiger partial charge on any atom is 0.208 e. The predicted octanol–water partition coefficient (Wildman–Crippen LogP) is 9.14. The molecule has 4 aromatic carbocycles. The average molecular weight is 515 g/mol. The fourth-order valence-corrected chi connectivity index (χ4v) is 8.92. The molecule has 4 rings (SSSR count). The highest BCUT2D eigenvalue weighted by molar-refractivity contribution is 7.92. The van der Waals surface area contributed by atoms with Crippen LogP contribution in [0.2, 0.25) is 0 Å². The largest absolute Gasteiger partial charge is 0.218 e. The molecule has 0 aromatic heterocycles. The first-order valence-electron chi connectivity index (χ1n) is 13.2. The van der Waals surface area contributed by atoms with Gasteiger partial charge < -0.3 is 0 Å². The molecule has 0 saturated heterocycles. The van der Waals surface area contributed by atoms with E-state index in [2.05, 4.69) is 83.1 Å². The van der Waals surface area contributed by atoms with Crippen LogP contribution in [0.1, 0.15) is 77.9 Å². The minimum atomic E-state index is -3.87. The topological polar surface area (TPSA) is 34.1 Å². The van der Waals surface area contributed by atoms with Crippen LogP contribution in [0, 0.1) is 96.9 Å². The fourth-order valence-electron chi connectivity index (χ4n) is 6.56. The lowest BCUT2D eigenvalue weighted by molar-refractivity contribution is 0.596. The number of rotatable bonds is 2. The second-order valence-electron chi connectivity index (χ2n) is 11.4. The van der Waals surface area contributed by atoms with Gasteiger partial charge >= 0.3 is 0 Å². The highest BCUT2D eigenvalue weighted by Crippen LogP contribution is 2.46. The number of sulfone groups is 1. The zero-order valence-corrected chi connectivity index (χ0v) is 26.0. The molecule has 0 saturated carbocycles. The van der Waals surface area contributed by atoms with E-state index in [0.717, 1.165) is 54.9 Å². The Balaban J connectivity index is 2.40. The minimum Gasteiger partial charge on any atom is -0.218 e. The molecule has 0 radical (unpaired) electrons. The highest BCUT2D eigenvalue weighted by Gasteiger charge is 2.33. The summed E-state index contributed by atoms with van der Waals surface area (Å²) in [5.41, 5.74) is 15.5. The van der Waals surface area contributed by atoms with Gasteiger partial charge in [0.15, 0.2) is 0 Å². The van der Waals surface area contributed by atoms with Crippen molar-refractivity contribution in [1.29, 1.82) is 0 Å². The first kappa shape index (κ1) is 27.4. The molecule has 196 valence electrons. The lowest BCUT2D eigenvalue weighted by Gasteiger charge is -2.26. The quantitative estimate of drug-likeness (QED) is 0.267. The third-order valence-electron chi connectivity index (χ3n) is 10.0. The lowest BCUT2D eigenvalue weighted by Crippen LogP contribution is -2.14. The molecule has 0 bridgehead atoms. The molecule has 0 aliphatic rings. The van der Waals surface area contributed by atoms with Crippen molar-refractivity contribution in [3.8, 4) is 0 Å². The summed E-state index contributed by atoms with van der Waals surface area (Å²) in [6.07, 6.45) is 0. The van der Waals surface area contributed by atoms with Crippen molar-refractivity contribution in [2.24, 2.45) is 0 Å². The molecule has 37 heavy (non-hydrogen) atoms. The predicted molar refractivity (Wildman–Crippen MR) is 160 cm³/mol. The van der Waals surface area contributed by atoms with Gasteiger partial charge in [0.2, 0.25) is 9.84 Å². The molecule has 0 unspecified atom stereocenters. The van der Waals surface area contributed by atoms with Crippen molar-refractivity contribution < 1.29 is 8.42 Å². The van der Waals surface area contributed by atoms with Crippen LogP contribution in [0.15, 0.2) is 9.79 Å². The van der Waals surface area contributed by atoms with E-state index in [4.69, 9.17) is 0 Å². The van der Waals surface area contributed by atoms with Gasteiger partial charge in [-0.15, -0.1) is 0 Å². The van der Waals surface area contributed by atoms with Crippen molar-refractivity contribution in [3.05, 3.63) is 77.9 Å². The molecule has 0 N–H and O–H groups in total. The van der Waals surface area contributed by atoms with Crippen LogP contribution in [-0.2, 0) is 9.84 Å². The van der Waals surface area contributed by atoms with Crippen LogP contribution in [0.5, 0.6) is 0 Å². The number of aryl methyl sites for hydroxylation is 6. The van der Waals surface area contributed by atoms with E-state index in [9.17, 15) is 0 Å². The SMILES string of the molecule is Cc1c(C)c(C)c2c(S(=O)(=O)c3c(C)c(C)c(C)c4c(C)c(C)c(C)c(C)c34)c(C)c(C)c(C)c2c1C. The third kappa shape index (κ3) is 3.46. The van der Waals surface area contributed by atoms with E-state index < -0.39 is 9.84 Å². The first-order chi connectivity index (χ1) is 17.0. The van der Waals surface area contributed by atoms with Crippen LogP contribution in [0.4, 0.5) is 0 Å². The number of hydrogen-bond acceptors (Lipinski definition) is 2. The number of benzene rings is 4. The van der Waals surface area contributed by atoms with E-state index in [1.54, 1.807) is 0 Å². The monoisotopic (exact) mass is 514 g/mol. The Labute approximate surface area is 224 Å². The molecule has 0 fully saturated rings. The summed E-state index contributed by atoms with van der Waals surface area (Å²) in [4.78, 5) is 0.967. The fraction of sp³-hybridized carbons (Fsp3) is 0.412. The molecule has 3 heteroatoms. The van der Waals surface area contributed by atoms with Gasteiger partial charge in [-0.05, 0) is 186 Å². The van der Waals surface area contributed by atoms with Gasteiger partial charge in [-0.25, -0.2) is 8.42 Å². The van der Waals surface area contributed by atoms with E-state index in [-0.39, 0.29) is 0 Å². The Morgan fingerprint density at radius 2 is 0.459 bits per heavy atom. The lowest BCUT2D eigenvalue weighted by atomic mass is 9.86. The summed E-state index contributed by atoms with van der Waals surface area (Å²) >= 11 is 0. The molecule has 0 amide bonds. The normalized spacial score (nSPS) is 12.3. The summed E-state index contributed by atoms with van der Waals surface area (Å²) in [6, 6.07) is 0. The van der Waals surface area contributed by atoms with E-state index >= 15 is 8.42 Å². The van der Waals surface area contributed by atoms with Crippen LogP contribution >= 0.6 is 0 Å². The smallest absolute Gasteiger partial charge is 0.208 e. The Hall–Kier alpha value is -2.65. The third-order valence-corrected chi connectivity index (χ3v) is 12.1. The number of fused-ring (bicyclic) bond motifs is 2. The van der Waals surface area contributed by atoms with Crippen LogP contribution in [0.25, 0.3) is 21.5 Å². The average Bonchev–Trinajstić information content (AvgIpc) is 2.84. The van der Waals surface area contributed by atoms with Crippen molar-refractivity contribution >= 4 is 31.4 Å². The van der Waals surface area contributed by atoms with Crippen LogP contribution < -0.4 is 0 Å². The van der Waals surface area contributed by atoms with Gasteiger partial charge in [0.05, 0.1) is 9.79 Å². The Morgan fingerprint density at radius 3 is 0.703 bits per heavy atom. The summed E-state index contributed by atoms with van der Waals surface area (Å²) in [5, 5.41) is 3.97. The van der Waals surface area contributed by atoms with Crippen molar-refractivity contribution in [2.75, 3.05) is 0 Å². The van der Waals surface area contributed by atoms with E-state index in [0.29, 0.717) is 9.79 Å². The molecule has 4 aromatic rings. The molecule has 0 heterocycles. The van der Waals surface area contributed by atoms with Crippen molar-refractivity contribution in [3.63, 3.8) is 0 Å². The zero-order valence-electron chi connectivity index (χ0n) is 25.2. The summed E-state index contributed by atoms with van der Waals surface area (Å²) in [7, 11) is -3.87. The van der Waals surface area contributed by atoms with Crippen LogP contribution in [-0.4, -0.2) is 8.42 Å². The first-order valence-corrected chi connectivity index (χ1v) is 14.7. The van der Waals surface area contributed by atoms with Crippen molar-refractivity contribution in [1.82, 2.24) is 0 Å². The molecular formula is C34H42O2S. The summed E-state index contributed by atoms with van der Waals surface area (Å²) in [5.74, 6) is 0. The highest BCUT2D eigenvalue weighted by atomic mass is 32.2. The van der Waals surface area contributed by atoms with Gasteiger partial charge in [0.1, 0.15) is 0 Å². The molecular weight excluding hydrogens is 472 g/mol. The summed E-state index contributed by atoms with van der Waals surface area (Å²) < 4.78 is 30.3. The second kappa shape index (κ2) is 8.70. The molecule has 0 spiro atoms. The molecule has 0 aliphatic heterocycles. The minimum absolute atomic E-state index is 0.484. The Morgan fingerprint density at radius 1 is 0.270 bits per heavy atom. The van der Waals surface area contributed by atoms with Gasteiger partial charge in [-0.2, -0.15) is 0 Å². The zero-order chi connectivity index (χ0) is 28.0. The molecule has 0 atom stereocenters. The van der Waals surface area contributed by atoms with Crippen molar-refractivity contribution in [2.45, 2.75) is 107 Å². The van der Waals surface area contributed by atoms with E-state index in [1.165, 1.54) is 44.5 Å².